The van der Waals surface area contributed by atoms with Crippen LogP contribution in [0.25, 0.3) is 0 Å². The van der Waals surface area contributed by atoms with Crippen molar-refractivity contribution in [2.24, 2.45) is 0 Å². The molecule has 0 aromatic heterocycles. The monoisotopic (exact) mass is 554 g/mol. The van der Waals surface area contributed by atoms with Crippen molar-refractivity contribution >= 4 is 23.6 Å². The molecule has 0 fully saturated rings. The van der Waals surface area contributed by atoms with Crippen molar-refractivity contribution in [2.75, 3.05) is 6.54 Å². The van der Waals surface area contributed by atoms with Gasteiger partial charge in [-0.1, -0.05) is 12.1 Å². The van der Waals surface area contributed by atoms with E-state index in [-0.39, 0.29) is 40.1 Å². The highest BCUT2D eigenvalue weighted by Gasteiger charge is 2.21. The summed E-state index contributed by atoms with van der Waals surface area (Å²) in [7, 11) is 0. The largest absolute Gasteiger partial charge is 0.352 e. The van der Waals surface area contributed by atoms with Crippen molar-refractivity contribution in [2.45, 2.75) is 39.9 Å². The molecule has 4 N–H and O–H groups in total. The van der Waals surface area contributed by atoms with Crippen molar-refractivity contribution < 1.29 is 32.3 Å². The first-order valence-electron chi connectivity index (χ1n) is 12.5. The Morgan fingerprint density at radius 1 is 0.675 bits per heavy atom. The van der Waals surface area contributed by atoms with Crippen molar-refractivity contribution in [3.8, 4) is 0 Å². The molecular weight excluding hydrogens is 525 g/mol. The molecule has 0 aliphatic rings. The fraction of sp³-hybridized carbons (Fsp3) is 0.241. The molecule has 3 aromatic rings. The van der Waals surface area contributed by atoms with Gasteiger partial charge in [0.1, 0.15) is 5.82 Å². The Hall–Kier alpha value is -4.67. The third kappa shape index (κ3) is 7.46. The molecule has 0 saturated heterocycles. The fourth-order valence-corrected chi connectivity index (χ4v) is 3.73. The minimum atomic E-state index is -1.51. The zero-order valence-electron chi connectivity index (χ0n) is 22.2. The molecule has 210 valence electrons. The number of amides is 4. The van der Waals surface area contributed by atoms with Gasteiger partial charge in [0, 0.05) is 59.1 Å². The van der Waals surface area contributed by atoms with Gasteiger partial charge in [0.05, 0.1) is 0 Å². The summed E-state index contributed by atoms with van der Waals surface area (Å²) in [5.74, 6) is -6.16. The number of hydrogen-bond acceptors (Lipinski definition) is 4. The van der Waals surface area contributed by atoms with Crippen LogP contribution in [-0.4, -0.2) is 36.2 Å². The van der Waals surface area contributed by atoms with Crippen LogP contribution in [0.15, 0.2) is 54.6 Å². The van der Waals surface area contributed by atoms with Gasteiger partial charge in [-0.2, -0.15) is 0 Å². The molecule has 3 aromatic carbocycles. The topological polar surface area (TPSA) is 116 Å². The number of nitrogens with one attached hydrogen (secondary N) is 4. The van der Waals surface area contributed by atoms with Crippen molar-refractivity contribution in [1.82, 2.24) is 21.3 Å². The van der Waals surface area contributed by atoms with Crippen LogP contribution in [0.2, 0.25) is 0 Å². The quantitative estimate of drug-likeness (QED) is 0.285. The van der Waals surface area contributed by atoms with Gasteiger partial charge >= 0.3 is 0 Å². The summed E-state index contributed by atoms with van der Waals surface area (Å²) in [6.07, 6.45) is 0. The Morgan fingerprint density at radius 2 is 1.15 bits per heavy atom. The lowest BCUT2D eigenvalue weighted by Crippen LogP contribution is -2.30. The number of carbonyl (C=O) groups excluding carboxylic acids is 4. The molecule has 0 heterocycles. The fourth-order valence-electron chi connectivity index (χ4n) is 3.73. The molecule has 0 aliphatic heterocycles. The smallest absolute Gasteiger partial charge is 0.251 e. The minimum Gasteiger partial charge on any atom is -0.352 e. The second-order valence-corrected chi connectivity index (χ2v) is 9.14. The molecule has 0 radical (unpaired) electrons. The van der Waals surface area contributed by atoms with Gasteiger partial charge in [0.15, 0.2) is 11.6 Å². The SMILES string of the molecule is CCNC(=O)c1cccc(C(=O)NCc2cc(F)c(CNC(=O)c3cccc(C(=O)NC(C)C)c3)c(F)c2F)c1. The predicted octanol–water partition coefficient (Wildman–Crippen LogP) is 3.85. The minimum absolute atomic E-state index is 0.0771. The standard InChI is InChI=1S/C29H29F3N4O4/c1-4-33-26(37)17-7-5-8-18(11-17)27(38)34-14-21-13-23(30)22(25(32)24(21)31)15-35-28(39)19-9-6-10-20(12-19)29(40)36-16(2)3/h5-13,16H,4,14-15H2,1-3H3,(H,33,37)(H,34,38)(H,35,39)(H,36,40). The molecule has 11 heteroatoms. The third-order valence-electron chi connectivity index (χ3n) is 5.72. The Kier molecular flexibility index (Phi) is 10.0. The van der Waals surface area contributed by atoms with E-state index >= 15 is 0 Å². The van der Waals surface area contributed by atoms with Crippen LogP contribution in [0.5, 0.6) is 0 Å². The van der Waals surface area contributed by atoms with Crippen molar-refractivity contribution in [1.29, 1.82) is 0 Å². The van der Waals surface area contributed by atoms with Gasteiger partial charge in [-0.15, -0.1) is 0 Å². The van der Waals surface area contributed by atoms with Crippen LogP contribution in [0.4, 0.5) is 13.2 Å². The average Bonchev–Trinajstić information content (AvgIpc) is 2.93. The highest BCUT2D eigenvalue weighted by Crippen LogP contribution is 2.21. The van der Waals surface area contributed by atoms with Gasteiger partial charge in [0.25, 0.3) is 23.6 Å². The zero-order chi connectivity index (χ0) is 29.4. The maximum atomic E-state index is 14.8. The molecule has 0 unspecified atom stereocenters. The highest BCUT2D eigenvalue weighted by molar-refractivity contribution is 6.00. The van der Waals surface area contributed by atoms with E-state index in [2.05, 4.69) is 21.3 Å². The maximum Gasteiger partial charge on any atom is 0.251 e. The van der Waals surface area contributed by atoms with E-state index in [0.717, 1.165) is 6.07 Å². The Balaban J connectivity index is 1.67. The van der Waals surface area contributed by atoms with Gasteiger partial charge in [0.2, 0.25) is 0 Å². The zero-order valence-corrected chi connectivity index (χ0v) is 22.2. The van der Waals surface area contributed by atoms with E-state index in [1.54, 1.807) is 20.8 Å². The first-order valence-corrected chi connectivity index (χ1v) is 12.5. The van der Waals surface area contributed by atoms with Gasteiger partial charge in [-0.25, -0.2) is 13.2 Å². The van der Waals surface area contributed by atoms with E-state index in [4.69, 9.17) is 0 Å². The number of hydrogen-bond donors (Lipinski definition) is 4. The normalized spacial score (nSPS) is 10.7. The Labute approximate surface area is 229 Å². The molecule has 0 aliphatic carbocycles. The van der Waals surface area contributed by atoms with Crippen LogP contribution < -0.4 is 21.3 Å². The van der Waals surface area contributed by atoms with Crippen LogP contribution in [-0.2, 0) is 13.1 Å². The summed E-state index contributed by atoms with van der Waals surface area (Å²) in [5.41, 5.74) is -0.489. The number of rotatable bonds is 10. The summed E-state index contributed by atoms with van der Waals surface area (Å²) in [5, 5.41) is 10.0. The summed E-state index contributed by atoms with van der Waals surface area (Å²) in [6, 6.07) is 12.2. The molecule has 0 saturated carbocycles. The third-order valence-corrected chi connectivity index (χ3v) is 5.72. The molecule has 3 rings (SSSR count). The lowest BCUT2D eigenvalue weighted by molar-refractivity contribution is 0.0932. The van der Waals surface area contributed by atoms with Crippen molar-refractivity contribution in [3.05, 3.63) is 105 Å². The number of benzene rings is 3. The van der Waals surface area contributed by atoms with Crippen LogP contribution in [0.3, 0.4) is 0 Å². The summed E-state index contributed by atoms with van der Waals surface area (Å²) in [6.45, 7) is 4.52. The molecule has 0 bridgehead atoms. The Morgan fingerprint density at radius 3 is 1.65 bits per heavy atom. The maximum absolute atomic E-state index is 14.8. The second-order valence-electron chi connectivity index (χ2n) is 9.14. The molecule has 0 spiro atoms. The average molecular weight is 555 g/mol. The molecular formula is C29H29F3N4O4. The molecule has 0 atom stereocenters. The van der Waals surface area contributed by atoms with Crippen LogP contribution in [0, 0.1) is 17.5 Å². The molecule has 4 amide bonds. The van der Waals surface area contributed by atoms with Crippen LogP contribution in [0.1, 0.15) is 73.3 Å². The number of halogens is 3. The first kappa shape index (κ1) is 29.9. The van der Waals surface area contributed by atoms with Gasteiger partial charge < -0.3 is 21.3 Å². The van der Waals surface area contributed by atoms with E-state index in [9.17, 15) is 32.3 Å². The van der Waals surface area contributed by atoms with Gasteiger partial charge in [-0.3, -0.25) is 19.2 Å². The highest BCUT2D eigenvalue weighted by atomic mass is 19.2. The lowest BCUT2D eigenvalue weighted by Gasteiger charge is -2.13. The van der Waals surface area contributed by atoms with E-state index in [1.807, 2.05) is 0 Å². The predicted molar refractivity (Wildman–Crippen MR) is 142 cm³/mol. The van der Waals surface area contributed by atoms with E-state index in [1.165, 1.54) is 48.5 Å². The summed E-state index contributed by atoms with van der Waals surface area (Å²) < 4.78 is 44.2. The number of carbonyl (C=O) groups is 4. The lowest BCUT2D eigenvalue weighted by atomic mass is 10.1. The van der Waals surface area contributed by atoms with Crippen molar-refractivity contribution in [3.63, 3.8) is 0 Å². The van der Waals surface area contributed by atoms with E-state index < -0.39 is 53.5 Å². The Bertz CT molecular complexity index is 1440. The second kappa shape index (κ2) is 13.4. The first-order chi connectivity index (χ1) is 19.0. The van der Waals surface area contributed by atoms with E-state index in [0.29, 0.717) is 6.54 Å². The van der Waals surface area contributed by atoms with Gasteiger partial charge in [-0.05, 0) is 63.2 Å². The summed E-state index contributed by atoms with van der Waals surface area (Å²) >= 11 is 0. The summed E-state index contributed by atoms with van der Waals surface area (Å²) in [4.78, 5) is 49.2. The van der Waals surface area contributed by atoms with Crippen LogP contribution >= 0.6 is 0 Å². The molecule has 8 nitrogen and oxygen atoms in total. The molecule has 40 heavy (non-hydrogen) atoms.